The fraction of sp³-hybridized carbons (Fsp3) is 0.667. The van der Waals surface area contributed by atoms with E-state index in [1.54, 1.807) is 6.20 Å². The van der Waals surface area contributed by atoms with Gasteiger partial charge in [0.25, 0.3) is 0 Å². The molecule has 0 saturated heterocycles. The summed E-state index contributed by atoms with van der Waals surface area (Å²) in [6.07, 6.45) is 6.24. The quantitative estimate of drug-likeness (QED) is 0.793. The minimum atomic E-state index is -0.724. The Bertz CT molecular complexity index is 512. The van der Waals surface area contributed by atoms with Gasteiger partial charge < -0.3 is 10.4 Å². The molecule has 0 aliphatic heterocycles. The van der Waals surface area contributed by atoms with Crippen LogP contribution in [0.25, 0.3) is 0 Å². The van der Waals surface area contributed by atoms with Gasteiger partial charge in [0, 0.05) is 24.8 Å². The Morgan fingerprint density at radius 2 is 2.24 bits per heavy atom. The molecule has 0 unspecified atom stereocenters. The first-order valence-corrected chi connectivity index (χ1v) is 7.62. The van der Waals surface area contributed by atoms with Crippen LogP contribution in [0.3, 0.4) is 0 Å². The number of carboxylic acids is 1. The summed E-state index contributed by atoms with van der Waals surface area (Å²) in [7, 11) is 0. The van der Waals surface area contributed by atoms with Gasteiger partial charge >= 0.3 is 5.97 Å². The van der Waals surface area contributed by atoms with Crippen LogP contribution in [-0.4, -0.2) is 51.1 Å². The molecular formula is C15H22N4O2. The van der Waals surface area contributed by atoms with E-state index in [1.807, 2.05) is 13.0 Å². The summed E-state index contributed by atoms with van der Waals surface area (Å²) in [5.41, 5.74) is 0. The summed E-state index contributed by atoms with van der Waals surface area (Å²) in [5.74, 6) is 1.62. The Hall–Kier alpha value is -1.69. The van der Waals surface area contributed by atoms with Crippen LogP contribution in [0, 0.1) is 12.8 Å². The number of nitrogens with zero attached hydrogens (tertiary/aromatic N) is 3. The molecule has 21 heavy (non-hydrogen) atoms. The average molecular weight is 290 g/mol. The summed E-state index contributed by atoms with van der Waals surface area (Å²) < 4.78 is 0. The van der Waals surface area contributed by atoms with E-state index in [0.717, 1.165) is 36.9 Å². The van der Waals surface area contributed by atoms with Crippen LogP contribution in [0.15, 0.2) is 12.3 Å². The Labute approximate surface area is 124 Å². The second-order valence-electron chi connectivity index (χ2n) is 6.22. The van der Waals surface area contributed by atoms with Crippen molar-refractivity contribution in [2.75, 3.05) is 18.4 Å². The summed E-state index contributed by atoms with van der Waals surface area (Å²) in [6, 6.07) is 2.65. The number of aromatic nitrogens is 2. The lowest BCUT2D eigenvalue weighted by molar-refractivity contribution is -0.139. The number of carboxylic acid groups (broad SMARTS) is 1. The number of hydrogen-bond donors (Lipinski definition) is 2. The molecular weight excluding hydrogens is 268 g/mol. The molecule has 6 heteroatoms. The zero-order chi connectivity index (χ0) is 14.8. The molecule has 2 fully saturated rings. The zero-order valence-electron chi connectivity index (χ0n) is 12.3. The molecule has 2 aliphatic carbocycles. The lowest BCUT2D eigenvalue weighted by atomic mass is 9.85. The van der Waals surface area contributed by atoms with Crippen molar-refractivity contribution in [1.29, 1.82) is 0 Å². The highest BCUT2D eigenvalue weighted by Gasteiger charge is 2.37. The number of nitrogens with one attached hydrogen (secondary N) is 1. The van der Waals surface area contributed by atoms with Crippen molar-refractivity contribution in [2.24, 2.45) is 5.92 Å². The van der Waals surface area contributed by atoms with Crippen LogP contribution in [0.5, 0.6) is 0 Å². The minimum absolute atomic E-state index is 0.167. The second kappa shape index (κ2) is 5.97. The van der Waals surface area contributed by atoms with Gasteiger partial charge in [-0.2, -0.15) is 0 Å². The van der Waals surface area contributed by atoms with Crippen molar-refractivity contribution in [2.45, 2.75) is 44.7 Å². The number of aryl methyl sites for hydroxylation is 1. The smallest absolute Gasteiger partial charge is 0.317 e. The molecule has 114 valence electrons. The molecule has 1 heterocycles. The standard InChI is InChI=1S/C15H22N4O2/c1-10-16-5-4-14(17-10)18-12-6-13(7-12)19(9-15(20)21)8-11-2-3-11/h4-5,11-13H,2-3,6-9H2,1H3,(H,20,21)(H,16,17,18). The lowest BCUT2D eigenvalue weighted by Crippen LogP contribution is -2.52. The molecule has 2 aliphatic rings. The Morgan fingerprint density at radius 3 is 2.86 bits per heavy atom. The van der Waals surface area contributed by atoms with Gasteiger partial charge in [-0.1, -0.05) is 0 Å². The second-order valence-corrected chi connectivity index (χ2v) is 6.22. The van der Waals surface area contributed by atoms with Crippen molar-refractivity contribution in [1.82, 2.24) is 14.9 Å². The molecule has 0 atom stereocenters. The summed E-state index contributed by atoms with van der Waals surface area (Å²) >= 11 is 0. The molecule has 0 aromatic carbocycles. The topological polar surface area (TPSA) is 78.4 Å². The highest BCUT2D eigenvalue weighted by Crippen LogP contribution is 2.34. The Balaban J connectivity index is 1.49. The first kappa shape index (κ1) is 14.3. The monoisotopic (exact) mass is 290 g/mol. The number of rotatable bonds is 7. The van der Waals surface area contributed by atoms with Crippen molar-refractivity contribution >= 4 is 11.8 Å². The van der Waals surface area contributed by atoms with Crippen LogP contribution < -0.4 is 5.32 Å². The van der Waals surface area contributed by atoms with Crippen LogP contribution in [0.2, 0.25) is 0 Å². The molecule has 0 bridgehead atoms. The third-order valence-corrected chi connectivity index (χ3v) is 4.29. The van der Waals surface area contributed by atoms with E-state index in [4.69, 9.17) is 5.11 Å². The van der Waals surface area contributed by atoms with Crippen molar-refractivity contribution in [3.63, 3.8) is 0 Å². The summed E-state index contributed by atoms with van der Waals surface area (Å²) in [6.45, 7) is 2.98. The number of aliphatic carboxylic acids is 1. The Kier molecular flexibility index (Phi) is 4.05. The van der Waals surface area contributed by atoms with E-state index in [-0.39, 0.29) is 6.54 Å². The van der Waals surface area contributed by atoms with Gasteiger partial charge in [0.05, 0.1) is 6.54 Å². The van der Waals surface area contributed by atoms with E-state index < -0.39 is 5.97 Å². The fourth-order valence-corrected chi connectivity index (χ4v) is 2.90. The highest BCUT2D eigenvalue weighted by molar-refractivity contribution is 5.69. The van der Waals surface area contributed by atoms with Gasteiger partial charge in [0.15, 0.2) is 0 Å². The molecule has 2 N–H and O–H groups in total. The van der Waals surface area contributed by atoms with Gasteiger partial charge in [0.2, 0.25) is 0 Å². The van der Waals surface area contributed by atoms with Crippen LogP contribution in [0.4, 0.5) is 5.82 Å². The van der Waals surface area contributed by atoms with Gasteiger partial charge in [-0.25, -0.2) is 9.97 Å². The van der Waals surface area contributed by atoms with Gasteiger partial charge in [0.1, 0.15) is 11.6 Å². The third kappa shape index (κ3) is 3.91. The predicted molar refractivity (Wildman–Crippen MR) is 79.1 cm³/mol. The van der Waals surface area contributed by atoms with Crippen molar-refractivity contribution in [3.8, 4) is 0 Å². The SMILES string of the molecule is Cc1nccc(NC2CC(N(CC(=O)O)CC3CC3)C2)n1. The zero-order valence-corrected chi connectivity index (χ0v) is 12.3. The van der Waals surface area contributed by atoms with E-state index in [2.05, 4.69) is 20.2 Å². The maximum Gasteiger partial charge on any atom is 0.317 e. The van der Waals surface area contributed by atoms with E-state index in [1.165, 1.54) is 12.8 Å². The molecule has 3 rings (SSSR count). The van der Waals surface area contributed by atoms with E-state index >= 15 is 0 Å². The average Bonchev–Trinajstić information content (AvgIpc) is 3.16. The van der Waals surface area contributed by atoms with E-state index in [9.17, 15) is 4.79 Å². The molecule has 1 aromatic heterocycles. The van der Waals surface area contributed by atoms with Gasteiger partial charge in [-0.3, -0.25) is 9.69 Å². The van der Waals surface area contributed by atoms with Crippen molar-refractivity contribution in [3.05, 3.63) is 18.1 Å². The molecule has 0 radical (unpaired) electrons. The lowest BCUT2D eigenvalue weighted by Gasteiger charge is -2.43. The first-order valence-electron chi connectivity index (χ1n) is 7.62. The summed E-state index contributed by atoms with van der Waals surface area (Å²) in [5, 5.41) is 12.4. The van der Waals surface area contributed by atoms with Crippen LogP contribution >= 0.6 is 0 Å². The third-order valence-electron chi connectivity index (χ3n) is 4.29. The van der Waals surface area contributed by atoms with E-state index in [0.29, 0.717) is 12.1 Å². The van der Waals surface area contributed by atoms with Crippen LogP contribution in [-0.2, 0) is 4.79 Å². The maximum absolute atomic E-state index is 11.0. The molecule has 6 nitrogen and oxygen atoms in total. The molecule has 1 aromatic rings. The molecule has 0 spiro atoms. The molecule has 0 amide bonds. The fourth-order valence-electron chi connectivity index (χ4n) is 2.90. The Morgan fingerprint density at radius 1 is 1.48 bits per heavy atom. The normalized spacial score (nSPS) is 24.7. The maximum atomic E-state index is 11.0. The summed E-state index contributed by atoms with van der Waals surface area (Å²) in [4.78, 5) is 21.6. The van der Waals surface area contributed by atoms with Gasteiger partial charge in [-0.05, 0) is 44.6 Å². The number of hydrogen-bond acceptors (Lipinski definition) is 5. The number of carbonyl (C=O) groups is 1. The predicted octanol–water partition coefficient (Wildman–Crippen LogP) is 1.52. The van der Waals surface area contributed by atoms with Crippen LogP contribution in [0.1, 0.15) is 31.5 Å². The minimum Gasteiger partial charge on any atom is -0.480 e. The van der Waals surface area contributed by atoms with Crippen molar-refractivity contribution < 1.29 is 9.90 Å². The van der Waals surface area contributed by atoms with Gasteiger partial charge in [-0.15, -0.1) is 0 Å². The molecule has 2 saturated carbocycles. The highest BCUT2D eigenvalue weighted by atomic mass is 16.4. The first-order chi connectivity index (χ1) is 10.1. The number of anilines is 1. The largest absolute Gasteiger partial charge is 0.480 e.